The minimum atomic E-state index is -4.38. The van der Waals surface area contributed by atoms with E-state index in [0.29, 0.717) is 6.42 Å². The highest BCUT2D eigenvalue weighted by molar-refractivity contribution is 7.47. The maximum Gasteiger partial charge on any atom is 0.472 e. The Bertz CT molecular complexity index is 1290. The van der Waals surface area contributed by atoms with Crippen LogP contribution in [0.3, 0.4) is 0 Å². The van der Waals surface area contributed by atoms with Crippen molar-refractivity contribution in [3.63, 3.8) is 0 Å². The predicted molar refractivity (Wildman–Crippen MR) is 326 cm³/mol. The van der Waals surface area contributed by atoms with Crippen LogP contribution in [-0.2, 0) is 32.7 Å². The molecule has 0 radical (unpaired) electrons. The maximum atomic E-state index is 12.7. The number of hydrogen-bond donors (Lipinski definition) is 2. The zero-order valence-corrected chi connectivity index (χ0v) is 51.4. The first-order valence-corrected chi connectivity index (χ1v) is 34.8. The molecule has 2 atom stereocenters. The molecule has 0 saturated carbocycles. The van der Waals surface area contributed by atoms with Crippen molar-refractivity contribution in [2.45, 2.75) is 360 Å². The Morgan fingerprint density at radius 2 is 0.684 bits per heavy atom. The second-order valence-electron chi connectivity index (χ2n) is 22.7. The summed E-state index contributed by atoms with van der Waals surface area (Å²) in [6, 6.07) is 0. The third kappa shape index (κ3) is 61.7. The van der Waals surface area contributed by atoms with E-state index in [4.69, 9.17) is 24.3 Å². The highest BCUT2D eigenvalue weighted by atomic mass is 31.2. The van der Waals surface area contributed by atoms with Gasteiger partial charge in [0.05, 0.1) is 13.2 Å². The zero-order valence-electron chi connectivity index (χ0n) is 50.5. The lowest BCUT2D eigenvalue weighted by atomic mass is 10.0. The van der Waals surface area contributed by atoms with Crippen LogP contribution in [0.2, 0.25) is 0 Å². The first-order chi connectivity index (χ1) is 37.3. The molecule has 0 heterocycles. The number of carbonyl (C=O) groups is 2. The summed E-state index contributed by atoms with van der Waals surface area (Å²) in [5.41, 5.74) is 5.39. The van der Waals surface area contributed by atoms with Gasteiger partial charge in [0.25, 0.3) is 0 Å². The fourth-order valence-corrected chi connectivity index (χ4v) is 10.9. The van der Waals surface area contributed by atoms with E-state index in [0.717, 1.165) is 38.5 Å². The smallest absolute Gasteiger partial charge is 0.462 e. The van der Waals surface area contributed by atoms with Crippen LogP contribution >= 0.6 is 7.82 Å². The molecule has 0 rings (SSSR count). The van der Waals surface area contributed by atoms with Crippen molar-refractivity contribution in [2.24, 2.45) is 5.73 Å². The standard InChI is InChI=1S/C66H128NO8P/c1-3-5-7-9-11-13-15-17-19-21-22-23-24-25-26-27-28-29-30-31-32-33-34-35-36-37-38-39-40-41-42-43-45-47-49-51-53-55-57-59-66(69)75-64(63-74-76(70,71)73-61-60-67)62-72-65(68)58-56-54-52-50-48-46-44-20-18-16-14-12-10-8-6-4-2/h15,17,21-22,64H,3-14,16,18-20,23-63,67H2,1-2H3,(H,70,71)/b17-15-,22-21-. The Morgan fingerprint density at radius 3 is 1.00 bits per heavy atom. The van der Waals surface area contributed by atoms with Crippen LogP contribution in [0.15, 0.2) is 24.3 Å². The monoisotopic (exact) mass is 1090 g/mol. The van der Waals surface area contributed by atoms with Gasteiger partial charge in [-0.05, 0) is 44.9 Å². The Hall–Kier alpha value is -1.51. The summed E-state index contributed by atoms with van der Waals surface area (Å²) in [5, 5.41) is 0. The first-order valence-electron chi connectivity index (χ1n) is 33.3. The molecule has 0 aromatic carbocycles. The average molecular weight is 1090 g/mol. The molecular weight excluding hydrogens is 966 g/mol. The number of hydrogen-bond acceptors (Lipinski definition) is 8. The van der Waals surface area contributed by atoms with E-state index in [2.05, 4.69) is 38.2 Å². The number of rotatable bonds is 64. The number of carbonyl (C=O) groups excluding carboxylic acids is 2. The number of ether oxygens (including phenoxy) is 2. The molecule has 3 N–H and O–H groups in total. The van der Waals surface area contributed by atoms with Crippen molar-refractivity contribution >= 4 is 19.8 Å². The van der Waals surface area contributed by atoms with Crippen molar-refractivity contribution < 1.29 is 37.6 Å². The molecular formula is C66H128NO8P. The van der Waals surface area contributed by atoms with Gasteiger partial charge in [-0.3, -0.25) is 18.6 Å². The van der Waals surface area contributed by atoms with Crippen molar-refractivity contribution in [3.05, 3.63) is 24.3 Å². The quantitative estimate of drug-likeness (QED) is 0.0264. The van der Waals surface area contributed by atoms with Crippen molar-refractivity contribution in [3.8, 4) is 0 Å². The van der Waals surface area contributed by atoms with Crippen LogP contribution in [0.4, 0.5) is 0 Å². The van der Waals surface area contributed by atoms with Crippen LogP contribution in [0.1, 0.15) is 354 Å². The van der Waals surface area contributed by atoms with E-state index in [9.17, 15) is 19.0 Å². The topological polar surface area (TPSA) is 134 Å². The summed E-state index contributed by atoms with van der Waals surface area (Å²) < 4.78 is 33.1. The van der Waals surface area contributed by atoms with Gasteiger partial charge in [0.2, 0.25) is 0 Å². The Morgan fingerprint density at radius 1 is 0.395 bits per heavy atom. The van der Waals surface area contributed by atoms with Gasteiger partial charge in [-0.1, -0.05) is 321 Å². The maximum absolute atomic E-state index is 12.7. The Labute approximate surface area is 472 Å². The van der Waals surface area contributed by atoms with Gasteiger partial charge in [-0.15, -0.1) is 0 Å². The van der Waals surface area contributed by atoms with Crippen LogP contribution in [0.5, 0.6) is 0 Å². The normalized spacial score (nSPS) is 13.1. The molecule has 0 spiro atoms. The number of esters is 2. The van der Waals surface area contributed by atoms with E-state index >= 15 is 0 Å². The summed E-state index contributed by atoms with van der Waals surface area (Å²) in [7, 11) is -4.38. The molecule has 0 fully saturated rings. The summed E-state index contributed by atoms with van der Waals surface area (Å²) >= 11 is 0. The molecule has 2 unspecified atom stereocenters. The van der Waals surface area contributed by atoms with Crippen molar-refractivity contribution in [1.29, 1.82) is 0 Å². The predicted octanol–water partition coefficient (Wildman–Crippen LogP) is 21.4. The van der Waals surface area contributed by atoms with Crippen LogP contribution in [-0.4, -0.2) is 49.3 Å². The lowest BCUT2D eigenvalue weighted by Crippen LogP contribution is -2.29. The van der Waals surface area contributed by atoms with Crippen LogP contribution < -0.4 is 5.73 Å². The van der Waals surface area contributed by atoms with Crippen LogP contribution in [0.25, 0.3) is 0 Å². The van der Waals surface area contributed by atoms with E-state index < -0.39 is 26.5 Å². The van der Waals surface area contributed by atoms with Gasteiger partial charge < -0.3 is 20.1 Å². The minimum Gasteiger partial charge on any atom is -0.462 e. The molecule has 0 aliphatic rings. The Kier molecular flexibility index (Phi) is 61.4. The third-order valence-electron chi connectivity index (χ3n) is 15.1. The number of phosphoric ester groups is 1. The molecule has 76 heavy (non-hydrogen) atoms. The number of nitrogens with two attached hydrogens (primary N) is 1. The largest absolute Gasteiger partial charge is 0.472 e. The van der Waals surface area contributed by atoms with Crippen LogP contribution in [0, 0.1) is 0 Å². The lowest BCUT2D eigenvalue weighted by Gasteiger charge is -2.19. The summed E-state index contributed by atoms with van der Waals surface area (Å²) in [5.74, 6) is -0.804. The fourth-order valence-electron chi connectivity index (χ4n) is 10.1. The molecule has 0 aliphatic carbocycles. The Balaban J connectivity index is 3.73. The first kappa shape index (κ1) is 74.5. The highest BCUT2D eigenvalue weighted by Crippen LogP contribution is 2.43. The lowest BCUT2D eigenvalue weighted by molar-refractivity contribution is -0.161. The zero-order chi connectivity index (χ0) is 55.2. The summed E-state index contributed by atoms with van der Waals surface area (Å²) in [6.45, 7) is 3.80. The van der Waals surface area contributed by atoms with E-state index in [-0.39, 0.29) is 38.6 Å². The second-order valence-corrected chi connectivity index (χ2v) is 24.2. The van der Waals surface area contributed by atoms with Crippen molar-refractivity contribution in [1.82, 2.24) is 0 Å². The molecule has 0 saturated heterocycles. The molecule has 0 amide bonds. The van der Waals surface area contributed by atoms with Gasteiger partial charge >= 0.3 is 19.8 Å². The van der Waals surface area contributed by atoms with Gasteiger partial charge in [-0.2, -0.15) is 0 Å². The summed E-state index contributed by atoms with van der Waals surface area (Å²) in [4.78, 5) is 35.2. The van der Waals surface area contributed by atoms with E-state index in [1.807, 2.05) is 0 Å². The molecule has 10 heteroatoms. The van der Waals surface area contributed by atoms with Crippen molar-refractivity contribution in [2.75, 3.05) is 26.4 Å². The molecule has 9 nitrogen and oxygen atoms in total. The molecule has 0 bridgehead atoms. The van der Waals surface area contributed by atoms with E-state index in [1.54, 1.807) is 0 Å². The number of unbranched alkanes of at least 4 members (excludes halogenated alkanes) is 47. The second kappa shape index (κ2) is 62.7. The summed E-state index contributed by atoms with van der Waals surface area (Å²) in [6.07, 6.45) is 75.7. The SMILES string of the molecule is CCCCCCC/C=C\C/C=C\CCCCCCCCCCCCCCCCCCCCCCCCCCCCCC(=O)OC(COC(=O)CCCCCCCCCCCCCCCCCC)COP(=O)(O)OCCN. The van der Waals surface area contributed by atoms with Gasteiger partial charge in [-0.25, -0.2) is 4.57 Å². The third-order valence-corrected chi connectivity index (χ3v) is 16.1. The number of phosphoric acid groups is 1. The van der Waals surface area contributed by atoms with Gasteiger partial charge in [0.15, 0.2) is 6.10 Å². The molecule has 0 aromatic rings. The highest BCUT2D eigenvalue weighted by Gasteiger charge is 2.26. The fraction of sp³-hybridized carbons (Fsp3) is 0.909. The minimum absolute atomic E-state index is 0.0574. The number of allylic oxidation sites excluding steroid dienone is 4. The molecule has 0 aliphatic heterocycles. The molecule has 0 aromatic heterocycles. The van der Waals surface area contributed by atoms with E-state index in [1.165, 1.54) is 283 Å². The molecule has 450 valence electrons. The van der Waals surface area contributed by atoms with Gasteiger partial charge in [0.1, 0.15) is 6.61 Å². The van der Waals surface area contributed by atoms with Gasteiger partial charge in [0, 0.05) is 19.4 Å². The average Bonchev–Trinajstić information content (AvgIpc) is 3.41.